The second kappa shape index (κ2) is 6.62. The molecule has 0 heterocycles. The van der Waals surface area contributed by atoms with E-state index in [4.69, 9.17) is 5.11 Å². The first-order valence-corrected chi connectivity index (χ1v) is 6.55. The lowest BCUT2D eigenvalue weighted by Gasteiger charge is -2.24. The van der Waals surface area contributed by atoms with Crippen LogP contribution in [-0.4, -0.2) is 35.0 Å². The molecule has 1 aliphatic carbocycles. The lowest BCUT2D eigenvalue weighted by atomic mass is 10.0. The molecule has 1 unspecified atom stereocenters. The number of carboxylic acids is 1. The van der Waals surface area contributed by atoms with Crippen LogP contribution in [0.5, 0.6) is 0 Å². The molecule has 0 aliphatic heterocycles. The van der Waals surface area contributed by atoms with Gasteiger partial charge in [-0.3, -0.25) is 9.59 Å². The Morgan fingerprint density at radius 2 is 1.94 bits per heavy atom. The highest BCUT2D eigenvalue weighted by atomic mass is 16.4. The van der Waals surface area contributed by atoms with Crippen molar-refractivity contribution in [3.63, 3.8) is 0 Å². The molecule has 0 aromatic heterocycles. The summed E-state index contributed by atoms with van der Waals surface area (Å²) in [7, 11) is 0. The molecule has 17 heavy (non-hydrogen) atoms. The molecule has 1 N–H and O–H groups in total. The predicted octanol–water partition coefficient (Wildman–Crippen LogP) is 2.14. The Morgan fingerprint density at radius 1 is 1.35 bits per heavy atom. The van der Waals surface area contributed by atoms with Crippen LogP contribution in [0.1, 0.15) is 46.0 Å². The van der Waals surface area contributed by atoms with Crippen molar-refractivity contribution in [3.8, 4) is 0 Å². The van der Waals surface area contributed by atoms with Gasteiger partial charge in [-0.2, -0.15) is 0 Å². The molecule has 1 atom stereocenters. The zero-order chi connectivity index (χ0) is 12.8. The second-order valence-electron chi connectivity index (χ2n) is 5.03. The van der Waals surface area contributed by atoms with Crippen molar-refractivity contribution >= 4 is 11.9 Å². The largest absolute Gasteiger partial charge is 0.481 e. The van der Waals surface area contributed by atoms with E-state index in [1.54, 1.807) is 11.8 Å². The van der Waals surface area contributed by atoms with Crippen LogP contribution in [0.4, 0.5) is 0 Å². The van der Waals surface area contributed by atoms with Crippen LogP contribution in [0, 0.1) is 11.8 Å². The Bertz CT molecular complexity index is 272. The SMILES string of the molecule is CCN(CC(C)C(=O)O)C(=O)CC1CCCC1. The summed E-state index contributed by atoms with van der Waals surface area (Å²) >= 11 is 0. The number of hydrogen-bond donors (Lipinski definition) is 1. The fraction of sp³-hybridized carbons (Fsp3) is 0.846. The number of amides is 1. The average Bonchev–Trinajstić information content (AvgIpc) is 2.77. The Labute approximate surface area is 103 Å². The van der Waals surface area contributed by atoms with Gasteiger partial charge in [-0.25, -0.2) is 0 Å². The van der Waals surface area contributed by atoms with Gasteiger partial charge in [0.05, 0.1) is 5.92 Å². The van der Waals surface area contributed by atoms with Crippen molar-refractivity contribution in [2.45, 2.75) is 46.0 Å². The number of carbonyl (C=O) groups excluding carboxylic acids is 1. The first-order valence-electron chi connectivity index (χ1n) is 6.55. The van der Waals surface area contributed by atoms with Crippen molar-refractivity contribution in [1.82, 2.24) is 4.90 Å². The Hall–Kier alpha value is -1.06. The zero-order valence-corrected chi connectivity index (χ0v) is 10.8. The van der Waals surface area contributed by atoms with Gasteiger partial charge in [0.1, 0.15) is 0 Å². The lowest BCUT2D eigenvalue weighted by molar-refractivity contribution is -0.143. The minimum Gasteiger partial charge on any atom is -0.481 e. The molecule has 1 fully saturated rings. The monoisotopic (exact) mass is 241 g/mol. The first kappa shape index (κ1) is 14.0. The second-order valence-corrected chi connectivity index (χ2v) is 5.03. The number of hydrogen-bond acceptors (Lipinski definition) is 2. The van der Waals surface area contributed by atoms with E-state index >= 15 is 0 Å². The van der Waals surface area contributed by atoms with E-state index < -0.39 is 11.9 Å². The third-order valence-electron chi connectivity index (χ3n) is 3.59. The van der Waals surface area contributed by atoms with E-state index in [2.05, 4.69) is 0 Å². The van der Waals surface area contributed by atoms with Crippen LogP contribution < -0.4 is 0 Å². The standard InChI is InChI=1S/C13H23NO3/c1-3-14(9-10(2)13(16)17)12(15)8-11-6-4-5-7-11/h10-11H,3-9H2,1-2H3,(H,16,17). The molecule has 1 amide bonds. The third-order valence-corrected chi connectivity index (χ3v) is 3.59. The van der Waals surface area contributed by atoms with E-state index in [-0.39, 0.29) is 5.91 Å². The summed E-state index contributed by atoms with van der Waals surface area (Å²) in [5.41, 5.74) is 0. The minimum absolute atomic E-state index is 0.118. The van der Waals surface area contributed by atoms with Crippen LogP contribution in [0.2, 0.25) is 0 Å². The van der Waals surface area contributed by atoms with Crippen molar-refractivity contribution in [2.75, 3.05) is 13.1 Å². The molecule has 1 rings (SSSR count). The summed E-state index contributed by atoms with van der Waals surface area (Å²) < 4.78 is 0. The molecule has 4 heteroatoms. The van der Waals surface area contributed by atoms with Gasteiger partial charge in [-0.1, -0.05) is 19.8 Å². The highest BCUT2D eigenvalue weighted by Crippen LogP contribution is 2.28. The quantitative estimate of drug-likeness (QED) is 0.775. The third kappa shape index (κ3) is 4.36. The van der Waals surface area contributed by atoms with Gasteiger partial charge in [0.2, 0.25) is 5.91 Å². The van der Waals surface area contributed by atoms with Crippen LogP contribution in [0.25, 0.3) is 0 Å². The van der Waals surface area contributed by atoms with Crippen molar-refractivity contribution in [1.29, 1.82) is 0 Å². The summed E-state index contributed by atoms with van der Waals surface area (Å²) in [6.45, 7) is 4.48. The molecule has 0 radical (unpaired) electrons. The van der Waals surface area contributed by atoms with Crippen molar-refractivity contribution in [2.24, 2.45) is 11.8 Å². The number of aliphatic carboxylic acids is 1. The smallest absolute Gasteiger partial charge is 0.308 e. The van der Waals surface area contributed by atoms with E-state index in [0.29, 0.717) is 25.4 Å². The maximum absolute atomic E-state index is 12.0. The van der Waals surface area contributed by atoms with E-state index in [1.807, 2.05) is 6.92 Å². The normalized spacial score (nSPS) is 18.0. The van der Waals surface area contributed by atoms with E-state index in [9.17, 15) is 9.59 Å². The number of carbonyl (C=O) groups is 2. The van der Waals surface area contributed by atoms with Gasteiger partial charge in [0.25, 0.3) is 0 Å². The fourth-order valence-corrected chi connectivity index (χ4v) is 2.41. The Balaban J connectivity index is 2.42. The van der Waals surface area contributed by atoms with Gasteiger partial charge < -0.3 is 10.0 Å². The highest BCUT2D eigenvalue weighted by Gasteiger charge is 2.23. The first-order chi connectivity index (χ1) is 8.04. The van der Waals surface area contributed by atoms with E-state index in [0.717, 1.165) is 12.8 Å². The molecule has 0 spiro atoms. The molecule has 4 nitrogen and oxygen atoms in total. The lowest BCUT2D eigenvalue weighted by Crippen LogP contribution is -2.37. The summed E-state index contributed by atoms with van der Waals surface area (Å²) in [6, 6.07) is 0. The highest BCUT2D eigenvalue weighted by molar-refractivity contribution is 5.77. The minimum atomic E-state index is -0.836. The number of rotatable bonds is 6. The summed E-state index contributed by atoms with van der Waals surface area (Å²) in [5, 5.41) is 8.85. The van der Waals surface area contributed by atoms with Gasteiger partial charge >= 0.3 is 5.97 Å². The number of carboxylic acid groups (broad SMARTS) is 1. The van der Waals surface area contributed by atoms with Gasteiger partial charge in [0.15, 0.2) is 0 Å². The van der Waals surface area contributed by atoms with Crippen LogP contribution in [-0.2, 0) is 9.59 Å². The molecule has 1 aliphatic rings. The molecule has 0 saturated heterocycles. The maximum atomic E-state index is 12.0. The van der Waals surface area contributed by atoms with Crippen molar-refractivity contribution in [3.05, 3.63) is 0 Å². The maximum Gasteiger partial charge on any atom is 0.308 e. The van der Waals surface area contributed by atoms with E-state index in [1.165, 1.54) is 12.8 Å². The summed E-state index contributed by atoms with van der Waals surface area (Å²) in [6.07, 6.45) is 5.36. The molecule has 0 aromatic carbocycles. The molecule has 98 valence electrons. The number of nitrogens with zero attached hydrogens (tertiary/aromatic N) is 1. The predicted molar refractivity (Wildman–Crippen MR) is 65.6 cm³/mol. The molecular weight excluding hydrogens is 218 g/mol. The molecule has 0 bridgehead atoms. The van der Waals surface area contributed by atoms with Crippen LogP contribution in [0.3, 0.4) is 0 Å². The molecule has 1 saturated carbocycles. The van der Waals surface area contributed by atoms with Gasteiger partial charge in [0, 0.05) is 19.5 Å². The van der Waals surface area contributed by atoms with Crippen molar-refractivity contribution < 1.29 is 14.7 Å². The van der Waals surface area contributed by atoms with Gasteiger partial charge in [-0.05, 0) is 25.7 Å². The molecular formula is C13H23NO3. The summed E-state index contributed by atoms with van der Waals surface area (Å²) in [4.78, 5) is 24.5. The molecule has 0 aromatic rings. The fourth-order valence-electron chi connectivity index (χ4n) is 2.41. The Morgan fingerprint density at radius 3 is 2.41 bits per heavy atom. The van der Waals surface area contributed by atoms with Gasteiger partial charge in [-0.15, -0.1) is 0 Å². The zero-order valence-electron chi connectivity index (χ0n) is 10.8. The average molecular weight is 241 g/mol. The Kier molecular flexibility index (Phi) is 5.45. The topological polar surface area (TPSA) is 57.6 Å². The van der Waals surface area contributed by atoms with Crippen LogP contribution >= 0.6 is 0 Å². The summed E-state index contributed by atoms with van der Waals surface area (Å²) in [5.74, 6) is -0.677. The van der Waals surface area contributed by atoms with Crippen LogP contribution in [0.15, 0.2) is 0 Å².